The molecule has 2 heterocycles. The lowest BCUT2D eigenvalue weighted by molar-refractivity contribution is 0.619. The Bertz CT molecular complexity index is 734. The molecule has 1 fully saturated rings. The third-order valence-corrected chi connectivity index (χ3v) is 4.24. The van der Waals surface area contributed by atoms with Crippen molar-refractivity contribution in [2.45, 2.75) is 18.4 Å². The fourth-order valence-electron chi connectivity index (χ4n) is 3.04. The first-order valence-corrected chi connectivity index (χ1v) is 6.92. The lowest BCUT2D eigenvalue weighted by Crippen LogP contribution is -2.13. The maximum Gasteiger partial charge on any atom is 0.0892 e. The molecule has 0 spiro atoms. The van der Waals surface area contributed by atoms with E-state index in [0.29, 0.717) is 11.8 Å². The molecule has 1 aliphatic rings. The van der Waals surface area contributed by atoms with Crippen LogP contribution in [0.5, 0.6) is 0 Å². The minimum Gasteiger partial charge on any atom is -0.324 e. The summed E-state index contributed by atoms with van der Waals surface area (Å²) < 4.78 is 1.84. The fraction of sp³-hybridized carbons (Fsp3) is 0.250. The summed E-state index contributed by atoms with van der Waals surface area (Å²) in [5, 5.41) is 4.34. The summed E-state index contributed by atoms with van der Waals surface area (Å²) in [6, 6.07) is 10.6. The van der Waals surface area contributed by atoms with Crippen LogP contribution in [0.25, 0.3) is 5.52 Å². The predicted octanol–water partition coefficient (Wildman–Crippen LogP) is 2.53. The van der Waals surface area contributed by atoms with Gasteiger partial charge in [0.1, 0.15) is 0 Å². The monoisotopic (exact) mass is 264 g/mol. The van der Waals surface area contributed by atoms with E-state index < -0.39 is 0 Å². The van der Waals surface area contributed by atoms with Crippen molar-refractivity contribution in [1.29, 1.82) is 0 Å². The number of nitrogens with two attached hydrogens (primary N) is 1. The molecule has 0 radical (unpaired) electrons. The molecule has 0 aliphatic heterocycles. The smallest absolute Gasteiger partial charge is 0.0892 e. The summed E-state index contributed by atoms with van der Waals surface area (Å²) in [6.45, 7) is 0. The minimum absolute atomic E-state index is 0.0295. The van der Waals surface area contributed by atoms with Crippen molar-refractivity contribution in [3.63, 3.8) is 0 Å². The molecule has 4 nitrogen and oxygen atoms in total. The van der Waals surface area contributed by atoms with Gasteiger partial charge in [0, 0.05) is 24.0 Å². The summed E-state index contributed by atoms with van der Waals surface area (Å²) in [6.07, 6.45) is 8.46. The molecule has 2 aromatic heterocycles. The molecule has 3 aromatic rings. The second-order valence-electron chi connectivity index (χ2n) is 5.45. The maximum atomic E-state index is 6.46. The van der Waals surface area contributed by atoms with Crippen molar-refractivity contribution in [2.24, 2.45) is 11.7 Å². The Morgan fingerprint density at radius 2 is 2.05 bits per heavy atom. The van der Waals surface area contributed by atoms with Gasteiger partial charge in [0.2, 0.25) is 0 Å². The van der Waals surface area contributed by atoms with Crippen molar-refractivity contribution >= 4 is 5.52 Å². The summed E-state index contributed by atoms with van der Waals surface area (Å²) in [5.74, 6) is 1.09. The van der Waals surface area contributed by atoms with Crippen LogP contribution in [0.4, 0.5) is 0 Å². The number of benzene rings is 1. The Morgan fingerprint density at radius 1 is 1.20 bits per heavy atom. The van der Waals surface area contributed by atoms with Gasteiger partial charge in [-0.3, -0.25) is 4.98 Å². The van der Waals surface area contributed by atoms with Crippen LogP contribution < -0.4 is 5.73 Å². The van der Waals surface area contributed by atoms with Crippen molar-refractivity contribution in [1.82, 2.24) is 14.6 Å². The van der Waals surface area contributed by atoms with E-state index in [2.05, 4.69) is 40.4 Å². The SMILES string of the molecule is NC(c1cnn2ccncc12)C1CC1c1ccccc1. The number of hydrogen-bond acceptors (Lipinski definition) is 3. The second-order valence-corrected chi connectivity index (χ2v) is 5.45. The number of aromatic nitrogens is 3. The fourth-order valence-corrected chi connectivity index (χ4v) is 3.04. The highest BCUT2D eigenvalue weighted by Gasteiger charge is 2.43. The van der Waals surface area contributed by atoms with Crippen molar-refractivity contribution in [3.8, 4) is 0 Å². The molecule has 20 heavy (non-hydrogen) atoms. The molecular weight excluding hydrogens is 248 g/mol. The van der Waals surface area contributed by atoms with E-state index in [9.17, 15) is 0 Å². The normalized spacial score (nSPS) is 22.9. The van der Waals surface area contributed by atoms with Crippen LogP contribution >= 0.6 is 0 Å². The van der Waals surface area contributed by atoms with Crippen molar-refractivity contribution in [3.05, 3.63) is 66.2 Å². The average Bonchev–Trinajstić information content (AvgIpc) is 3.20. The Kier molecular flexibility index (Phi) is 2.57. The predicted molar refractivity (Wildman–Crippen MR) is 77.2 cm³/mol. The van der Waals surface area contributed by atoms with E-state index in [1.807, 2.05) is 23.1 Å². The molecule has 1 aliphatic carbocycles. The van der Waals surface area contributed by atoms with Gasteiger partial charge in [-0.1, -0.05) is 30.3 Å². The lowest BCUT2D eigenvalue weighted by atomic mass is 10.0. The first kappa shape index (κ1) is 11.6. The highest BCUT2D eigenvalue weighted by atomic mass is 15.2. The van der Waals surface area contributed by atoms with Gasteiger partial charge >= 0.3 is 0 Å². The van der Waals surface area contributed by atoms with Crippen LogP contribution in [0.2, 0.25) is 0 Å². The standard InChI is InChI=1S/C16H16N4/c17-16(13-8-12(13)11-4-2-1-3-5-11)14-9-19-20-7-6-18-10-15(14)20/h1-7,9-10,12-13,16H,8,17H2. The molecule has 1 saturated carbocycles. The maximum absolute atomic E-state index is 6.46. The molecule has 3 atom stereocenters. The molecule has 0 saturated heterocycles. The average molecular weight is 264 g/mol. The van der Waals surface area contributed by atoms with Crippen molar-refractivity contribution in [2.75, 3.05) is 0 Å². The van der Waals surface area contributed by atoms with Gasteiger partial charge in [0.25, 0.3) is 0 Å². The third kappa shape index (κ3) is 1.80. The molecular formula is C16H16N4. The van der Waals surface area contributed by atoms with Crippen LogP contribution in [0.1, 0.15) is 29.5 Å². The van der Waals surface area contributed by atoms with E-state index in [-0.39, 0.29) is 6.04 Å². The molecule has 4 rings (SSSR count). The van der Waals surface area contributed by atoms with E-state index in [4.69, 9.17) is 5.73 Å². The van der Waals surface area contributed by atoms with E-state index in [0.717, 1.165) is 17.5 Å². The Morgan fingerprint density at radius 3 is 2.90 bits per heavy atom. The molecule has 0 amide bonds. The molecule has 0 bridgehead atoms. The summed E-state index contributed by atoms with van der Waals surface area (Å²) >= 11 is 0. The zero-order valence-electron chi connectivity index (χ0n) is 11.1. The zero-order valence-corrected chi connectivity index (χ0v) is 11.1. The van der Waals surface area contributed by atoms with Crippen LogP contribution in [-0.4, -0.2) is 14.6 Å². The van der Waals surface area contributed by atoms with E-state index >= 15 is 0 Å². The Hall–Kier alpha value is -2.20. The van der Waals surface area contributed by atoms with Gasteiger partial charge in [0.15, 0.2) is 0 Å². The molecule has 1 aromatic carbocycles. The van der Waals surface area contributed by atoms with Gasteiger partial charge < -0.3 is 5.73 Å². The van der Waals surface area contributed by atoms with Crippen LogP contribution in [0, 0.1) is 5.92 Å². The van der Waals surface area contributed by atoms with Crippen LogP contribution in [-0.2, 0) is 0 Å². The first-order chi connectivity index (χ1) is 9.84. The van der Waals surface area contributed by atoms with Gasteiger partial charge in [-0.2, -0.15) is 5.10 Å². The quantitative estimate of drug-likeness (QED) is 0.791. The lowest BCUT2D eigenvalue weighted by Gasteiger charge is -2.10. The molecule has 2 N–H and O–H groups in total. The largest absolute Gasteiger partial charge is 0.324 e. The summed E-state index contributed by atoms with van der Waals surface area (Å²) in [5.41, 5.74) is 9.96. The number of rotatable bonds is 3. The molecule has 100 valence electrons. The van der Waals surface area contributed by atoms with Crippen LogP contribution in [0.15, 0.2) is 55.1 Å². The highest BCUT2D eigenvalue weighted by Crippen LogP contribution is 2.53. The topological polar surface area (TPSA) is 56.2 Å². The highest BCUT2D eigenvalue weighted by molar-refractivity contribution is 5.54. The first-order valence-electron chi connectivity index (χ1n) is 6.92. The summed E-state index contributed by atoms with van der Waals surface area (Å²) in [4.78, 5) is 4.17. The minimum atomic E-state index is 0.0295. The Labute approximate surface area is 117 Å². The third-order valence-electron chi connectivity index (χ3n) is 4.24. The number of hydrogen-bond donors (Lipinski definition) is 1. The van der Waals surface area contributed by atoms with Gasteiger partial charge in [-0.25, -0.2) is 4.52 Å². The van der Waals surface area contributed by atoms with Gasteiger partial charge in [-0.05, 0) is 23.8 Å². The number of fused-ring (bicyclic) bond motifs is 1. The summed E-state index contributed by atoms with van der Waals surface area (Å²) in [7, 11) is 0. The second kappa shape index (κ2) is 4.42. The number of nitrogens with zero attached hydrogens (tertiary/aromatic N) is 3. The van der Waals surface area contributed by atoms with Gasteiger partial charge in [0.05, 0.1) is 17.9 Å². The van der Waals surface area contributed by atoms with Gasteiger partial charge in [-0.15, -0.1) is 0 Å². The van der Waals surface area contributed by atoms with Crippen molar-refractivity contribution < 1.29 is 0 Å². The van der Waals surface area contributed by atoms with E-state index in [1.165, 1.54) is 5.56 Å². The van der Waals surface area contributed by atoms with Crippen LogP contribution in [0.3, 0.4) is 0 Å². The van der Waals surface area contributed by atoms with E-state index in [1.54, 1.807) is 6.20 Å². The zero-order chi connectivity index (χ0) is 13.5. The molecule has 4 heteroatoms. The molecule has 3 unspecified atom stereocenters. The Balaban J connectivity index is 1.61.